The molecular weight excluding hydrogens is 248 g/mol. The largest absolute Gasteiger partial charge is 0.480 e. The molecule has 96 valence electrons. The molecule has 0 radical (unpaired) electrons. The van der Waals surface area contributed by atoms with Gasteiger partial charge in [-0.05, 0) is 13.3 Å². The number of carboxylic acid groups (broad SMARTS) is 1. The van der Waals surface area contributed by atoms with Gasteiger partial charge in [-0.15, -0.1) is 5.10 Å². The zero-order chi connectivity index (χ0) is 12.9. The van der Waals surface area contributed by atoms with Crippen LogP contribution in [0.4, 0.5) is 0 Å². The SMILES string of the molecule is CC(C(=O)O)S(=O)(=O)NCCCn1ccnn1. The van der Waals surface area contributed by atoms with Gasteiger partial charge in [-0.25, -0.2) is 13.1 Å². The van der Waals surface area contributed by atoms with Crippen molar-refractivity contribution < 1.29 is 18.3 Å². The van der Waals surface area contributed by atoms with Crippen LogP contribution in [0.15, 0.2) is 12.4 Å². The van der Waals surface area contributed by atoms with E-state index in [0.717, 1.165) is 6.92 Å². The van der Waals surface area contributed by atoms with Gasteiger partial charge in [0.2, 0.25) is 10.0 Å². The van der Waals surface area contributed by atoms with E-state index >= 15 is 0 Å². The van der Waals surface area contributed by atoms with Crippen molar-refractivity contribution in [2.45, 2.75) is 25.1 Å². The Kier molecular flexibility index (Phi) is 4.58. The van der Waals surface area contributed by atoms with Gasteiger partial charge in [0.25, 0.3) is 0 Å². The summed E-state index contributed by atoms with van der Waals surface area (Å²) < 4.78 is 26.6. The number of carbonyl (C=O) groups is 1. The molecule has 0 aliphatic heterocycles. The van der Waals surface area contributed by atoms with Gasteiger partial charge < -0.3 is 5.11 Å². The molecule has 8 nitrogen and oxygen atoms in total. The second-order valence-electron chi connectivity index (χ2n) is 3.44. The van der Waals surface area contributed by atoms with Crippen molar-refractivity contribution in [3.8, 4) is 0 Å². The van der Waals surface area contributed by atoms with Crippen LogP contribution in [0.25, 0.3) is 0 Å². The number of rotatable bonds is 7. The highest BCUT2D eigenvalue weighted by molar-refractivity contribution is 7.90. The lowest BCUT2D eigenvalue weighted by Crippen LogP contribution is -2.38. The first-order valence-corrected chi connectivity index (χ1v) is 6.53. The van der Waals surface area contributed by atoms with E-state index in [1.54, 1.807) is 10.9 Å². The molecule has 0 saturated carbocycles. The van der Waals surface area contributed by atoms with Gasteiger partial charge in [-0.2, -0.15) is 0 Å². The molecule has 0 aromatic carbocycles. The van der Waals surface area contributed by atoms with Gasteiger partial charge in [0.1, 0.15) is 0 Å². The Hall–Kier alpha value is -1.48. The van der Waals surface area contributed by atoms with E-state index in [2.05, 4.69) is 15.0 Å². The lowest BCUT2D eigenvalue weighted by molar-refractivity contribution is -0.136. The van der Waals surface area contributed by atoms with Crippen LogP contribution in [-0.4, -0.2) is 46.3 Å². The Labute approximate surface area is 98.7 Å². The fraction of sp³-hybridized carbons (Fsp3) is 0.625. The Morgan fingerprint density at radius 1 is 1.59 bits per heavy atom. The van der Waals surface area contributed by atoms with Crippen LogP contribution in [0.3, 0.4) is 0 Å². The third-order valence-electron chi connectivity index (χ3n) is 2.15. The number of nitrogens with zero attached hydrogens (tertiary/aromatic N) is 3. The second-order valence-corrected chi connectivity index (χ2v) is 5.53. The molecule has 1 rings (SSSR count). The first-order valence-electron chi connectivity index (χ1n) is 4.99. The summed E-state index contributed by atoms with van der Waals surface area (Å²) in [5.41, 5.74) is 0. The van der Waals surface area contributed by atoms with Crippen molar-refractivity contribution in [3.63, 3.8) is 0 Å². The highest BCUT2D eigenvalue weighted by atomic mass is 32.2. The number of aliphatic carboxylic acids is 1. The van der Waals surface area contributed by atoms with Crippen LogP contribution in [0.2, 0.25) is 0 Å². The van der Waals surface area contributed by atoms with Gasteiger partial charge in [0.05, 0.1) is 6.20 Å². The lowest BCUT2D eigenvalue weighted by Gasteiger charge is -2.09. The highest BCUT2D eigenvalue weighted by Gasteiger charge is 2.26. The summed E-state index contributed by atoms with van der Waals surface area (Å²) in [6.45, 7) is 1.81. The van der Waals surface area contributed by atoms with Gasteiger partial charge >= 0.3 is 5.97 Å². The molecule has 1 unspecified atom stereocenters. The number of sulfonamides is 1. The molecule has 0 saturated heterocycles. The van der Waals surface area contributed by atoms with Crippen LogP contribution in [0.1, 0.15) is 13.3 Å². The summed E-state index contributed by atoms with van der Waals surface area (Å²) in [6, 6.07) is 0. The third-order valence-corrected chi connectivity index (χ3v) is 3.89. The number of carboxylic acids is 1. The van der Waals surface area contributed by atoms with Crippen molar-refractivity contribution in [1.29, 1.82) is 0 Å². The van der Waals surface area contributed by atoms with Crippen molar-refractivity contribution >= 4 is 16.0 Å². The van der Waals surface area contributed by atoms with Crippen molar-refractivity contribution in [1.82, 2.24) is 19.7 Å². The van der Waals surface area contributed by atoms with Crippen LogP contribution >= 0.6 is 0 Å². The molecule has 0 aliphatic rings. The molecule has 1 aromatic heterocycles. The Bertz CT molecular complexity index is 456. The smallest absolute Gasteiger partial charge is 0.323 e. The molecule has 2 N–H and O–H groups in total. The van der Waals surface area contributed by atoms with E-state index in [9.17, 15) is 13.2 Å². The van der Waals surface area contributed by atoms with Gasteiger partial charge in [-0.3, -0.25) is 9.48 Å². The van der Waals surface area contributed by atoms with E-state index < -0.39 is 21.2 Å². The zero-order valence-electron chi connectivity index (χ0n) is 9.28. The van der Waals surface area contributed by atoms with E-state index in [1.807, 2.05) is 0 Å². The molecule has 17 heavy (non-hydrogen) atoms. The molecule has 0 bridgehead atoms. The van der Waals surface area contributed by atoms with E-state index in [1.165, 1.54) is 6.20 Å². The van der Waals surface area contributed by atoms with E-state index in [0.29, 0.717) is 13.0 Å². The maximum absolute atomic E-state index is 11.4. The Balaban J connectivity index is 2.33. The highest BCUT2D eigenvalue weighted by Crippen LogP contribution is 1.98. The summed E-state index contributed by atoms with van der Waals surface area (Å²) >= 11 is 0. The Morgan fingerprint density at radius 2 is 2.29 bits per heavy atom. The van der Waals surface area contributed by atoms with Crippen molar-refractivity contribution in [2.24, 2.45) is 0 Å². The quantitative estimate of drug-likeness (QED) is 0.613. The number of hydrogen-bond acceptors (Lipinski definition) is 5. The van der Waals surface area contributed by atoms with Gasteiger partial charge in [0, 0.05) is 19.3 Å². The van der Waals surface area contributed by atoms with Crippen LogP contribution < -0.4 is 4.72 Å². The summed E-state index contributed by atoms with van der Waals surface area (Å²) in [7, 11) is -3.80. The first kappa shape index (κ1) is 13.6. The molecule has 9 heteroatoms. The molecule has 1 aromatic rings. The maximum atomic E-state index is 11.4. The Morgan fingerprint density at radius 3 is 2.82 bits per heavy atom. The second kappa shape index (κ2) is 5.73. The van der Waals surface area contributed by atoms with Crippen molar-refractivity contribution in [2.75, 3.05) is 6.54 Å². The standard InChI is InChI=1S/C8H14N4O4S/c1-7(8(13)14)17(15,16)10-3-2-5-12-6-4-9-11-12/h4,6-7,10H,2-3,5H2,1H3,(H,13,14). The topological polar surface area (TPSA) is 114 Å². The predicted octanol–water partition coefficient (Wildman–Crippen LogP) is -0.939. The number of aromatic nitrogens is 3. The van der Waals surface area contributed by atoms with Gasteiger partial charge in [-0.1, -0.05) is 5.21 Å². The average Bonchev–Trinajstić information content (AvgIpc) is 2.76. The van der Waals surface area contributed by atoms with E-state index in [-0.39, 0.29) is 6.54 Å². The first-order chi connectivity index (χ1) is 7.93. The molecule has 0 amide bonds. The normalized spacial score (nSPS) is 13.5. The van der Waals surface area contributed by atoms with Crippen LogP contribution in [0.5, 0.6) is 0 Å². The monoisotopic (exact) mass is 262 g/mol. The fourth-order valence-electron chi connectivity index (χ4n) is 1.07. The number of nitrogens with one attached hydrogen (secondary N) is 1. The summed E-state index contributed by atoms with van der Waals surface area (Å²) in [5.74, 6) is -1.37. The number of aryl methyl sites for hydroxylation is 1. The fourth-order valence-corrected chi connectivity index (χ4v) is 2.01. The molecule has 1 heterocycles. The van der Waals surface area contributed by atoms with Crippen LogP contribution in [-0.2, 0) is 21.4 Å². The minimum Gasteiger partial charge on any atom is -0.480 e. The summed E-state index contributed by atoms with van der Waals surface area (Å²) in [6.07, 6.45) is 3.69. The number of hydrogen-bond donors (Lipinski definition) is 2. The van der Waals surface area contributed by atoms with Crippen LogP contribution in [0, 0.1) is 0 Å². The lowest BCUT2D eigenvalue weighted by atomic mass is 10.4. The van der Waals surface area contributed by atoms with E-state index in [4.69, 9.17) is 5.11 Å². The molecule has 0 aliphatic carbocycles. The molecule has 0 spiro atoms. The maximum Gasteiger partial charge on any atom is 0.323 e. The summed E-state index contributed by atoms with van der Waals surface area (Å²) in [5, 5.41) is 14.4. The molecule has 0 fully saturated rings. The predicted molar refractivity (Wildman–Crippen MR) is 58.7 cm³/mol. The minimum absolute atomic E-state index is 0.166. The third kappa shape index (κ3) is 4.11. The van der Waals surface area contributed by atoms with Gasteiger partial charge in [0.15, 0.2) is 5.25 Å². The zero-order valence-corrected chi connectivity index (χ0v) is 10.1. The molecular formula is C8H14N4O4S. The average molecular weight is 262 g/mol. The van der Waals surface area contributed by atoms with Crippen molar-refractivity contribution in [3.05, 3.63) is 12.4 Å². The summed E-state index contributed by atoms with van der Waals surface area (Å²) in [4.78, 5) is 10.5. The molecule has 1 atom stereocenters. The minimum atomic E-state index is -3.80.